The topological polar surface area (TPSA) is 59.2 Å². The molecule has 0 spiro atoms. The van der Waals surface area contributed by atoms with E-state index in [4.69, 9.17) is 5.73 Å². The van der Waals surface area contributed by atoms with Crippen molar-refractivity contribution in [2.75, 3.05) is 19.6 Å². The molecular formula is C13H22ClN3OS. The van der Waals surface area contributed by atoms with Gasteiger partial charge >= 0.3 is 0 Å². The van der Waals surface area contributed by atoms with Gasteiger partial charge in [0.15, 0.2) is 0 Å². The summed E-state index contributed by atoms with van der Waals surface area (Å²) >= 11 is 1.53. The van der Waals surface area contributed by atoms with Gasteiger partial charge in [-0.15, -0.1) is 23.7 Å². The minimum Gasteiger partial charge on any atom is -0.337 e. The van der Waals surface area contributed by atoms with Crippen LogP contribution in [0.15, 0.2) is 5.38 Å². The molecule has 1 saturated heterocycles. The van der Waals surface area contributed by atoms with Gasteiger partial charge in [0.25, 0.3) is 5.91 Å². The van der Waals surface area contributed by atoms with Gasteiger partial charge in [-0.1, -0.05) is 13.3 Å². The summed E-state index contributed by atoms with van der Waals surface area (Å²) < 4.78 is 0. The third-order valence-electron chi connectivity index (χ3n) is 3.61. The summed E-state index contributed by atoms with van der Waals surface area (Å²) in [4.78, 5) is 18.6. The van der Waals surface area contributed by atoms with E-state index in [1.54, 1.807) is 0 Å². The Morgan fingerprint density at radius 2 is 2.21 bits per heavy atom. The molecule has 1 aromatic heterocycles. The van der Waals surface area contributed by atoms with Gasteiger partial charge in [-0.2, -0.15) is 0 Å². The number of rotatable bonds is 4. The number of likely N-dealkylation sites (tertiary alicyclic amines) is 1. The number of amides is 1. The second-order valence-corrected chi connectivity index (χ2v) is 5.75. The van der Waals surface area contributed by atoms with E-state index in [1.165, 1.54) is 17.8 Å². The molecule has 0 unspecified atom stereocenters. The van der Waals surface area contributed by atoms with Crippen LogP contribution in [-0.4, -0.2) is 35.4 Å². The predicted octanol–water partition coefficient (Wildman–Crippen LogP) is 2.33. The Morgan fingerprint density at radius 3 is 2.79 bits per heavy atom. The molecule has 108 valence electrons. The Morgan fingerprint density at radius 1 is 1.53 bits per heavy atom. The van der Waals surface area contributed by atoms with Gasteiger partial charge in [-0.05, 0) is 25.3 Å². The number of hydrogen-bond acceptors (Lipinski definition) is 4. The van der Waals surface area contributed by atoms with Gasteiger partial charge in [-0.25, -0.2) is 4.98 Å². The molecule has 1 fully saturated rings. The molecular weight excluding hydrogens is 282 g/mol. The highest BCUT2D eigenvalue weighted by molar-refractivity contribution is 7.09. The zero-order valence-corrected chi connectivity index (χ0v) is 12.9. The molecule has 0 aliphatic carbocycles. The first-order valence-electron chi connectivity index (χ1n) is 6.68. The van der Waals surface area contributed by atoms with Gasteiger partial charge in [0.1, 0.15) is 5.69 Å². The molecule has 2 heterocycles. The molecule has 0 saturated carbocycles. The van der Waals surface area contributed by atoms with Crippen LogP contribution in [0.25, 0.3) is 0 Å². The monoisotopic (exact) mass is 303 g/mol. The number of aromatic nitrogens is 1. The lowest BCUT2D eigenvalue weighted by Crippen LogP contribution is -2.38. The molecule has 0 radical (unpaired) electrons. The Hall–Kier alpha value is -0.650. The number of hydrogen-bond donors (Lipinski definition) is 1. The average molecular weight is 304 g/mol. The van der Waals surface area contributed by atoms with Crippen molar-refractivity contribution in [3.63, 3.8) is 0 Å². The van der Waals surface area contributed by atoms with Crippen molar-refractivity contribution >= 4 is 29.7 Å². The van der Waals surface area contributed by atoms with Gasteiger partial charge < -0.3 is 10.6 Å². The van der Waals surface area contributed by atoms with Crippen molar-refractivity contribution in [1.82, 2.24) is 9.88 Å². The summed E-state index contributed by atoms with van der Waals surface area (Å²) in [5.41, 5.74) is 6.09. The first-order valence-corrected chi connectivity index (χ1v) is 7.56. The number of nitrogens with zero attached hydrogens (tertiary/aromatic N) is 2. The summed E-state index contributed by atoms with van der Waals surface area (Å²) in [6.07, 6.45) is 4.24. The van der Waals surface area contributed by atoms with E-state index in [9.17, 15) is 4.79 Å². The normalized spacial score (nSPS) is 16.2. The number of piperidine rings is 1. The first-order chi connectivity index (χ1) is 8.74. The fourth-order valence-corrected chi connectivity index (χ4v) is 3.14. The number of thiazole rings is 1. The summed E-state index contributed by atoms with van der Waals surface area (Å²) in [7, 11) is 0. The molecule has 4 nitrogen and oxygen atoms in total. The molecule has 1 aliphatic rings. The maximum Gasteiger partial charge on any atom is 0.273 e. The second kappa shape index (κ2) is 7.82. The van der Waals surface area contributed by atoms with E-state index in [-0.39, 0.29) is 18.3 Å². The molecule has 6 heteroatoms. The number of halogens is 1. The lowest BCUT2D eigenvalue weighted by Gasteiger charge is -2.31. The molecule has 0 aromatic carbocycles. The Balaban J connectivity index is 0.00000180. The van der Waals surface area contributed by atoms with Crippen LogP contribution in [0.1, 0.15) is 41.7 Å². The minimum atomic E-state index is 0. The largest absolute Gasteiger partial charge is 0.337 e. The van der Waals surface area contributed by atoms with Crippen molar-refractivity contribution in [2.24, 2.45) is 11.7 Å². The van der Waals surface area contributed by atoms with Crippen LogP contribution < -0.4 is 5.73 Å². The highest BCUT2D eigenvalue weighted by Crippen LogP contribution is 2.21. The number of carbonyl (C=O) groups excluding carboxylic acids is 1. The lowest BCUT2D eigenvalue weighted by atomic mass is 9.94. The summed E-state index contributed by atoms with van der Waals surface area (Å²) in [5, 5.41) is 2.82. The molecule has 0 atom stereocenters. The number of nitrogens with two attached hydrogens (primary N) is 1. The molecule has 0 bridgehead atoms. The van der Waals surface area contributed by atoms with Crippen molar-refractivity contribution in [3.8, 4) is 0 Å². The van der Waals surface area contributed by atoms with Crippen molar-refractivity contribution < 1.29 is 4.79 Å². The van der Waals surface area contributed by atoms with E-state index in [0.29, 0.717) is 12.2 Å². The summed E-state index contributed by atoms with van der Waals surface area (Å²) in [6.45, 7) is 4.56. The Bertz CT molecular complexity index is 402. The van der Waals surface area contributed by atoms with E-state index in [1.807, 2.05) is 10.3 Å². The van der Waals surface area contributed by atoms with Crippen LogP contribution in [-0.2, 0) is 6.42 Å². The number of carbonyl (C=O) groups is 1. The van der Waals surface area contributed by atoms with Crippen molar-refractivity contribution in [1.29, 1.82) is 0 Å². The van der Waals surface area contributed by atoms with E-state index in [2.05, 4.69) is 11.9 Å². The van der Waals surface area contributed by atoms with Crippen LogP contribution >= 0.6 is 23.7 Å². The third-order valence-corrected chi connectivity index (χ3v) is 4.52. The van der Waals surface area contributed by atoms with Gasteiger partial charge in [0.2, 0.25) is 0 Å². The fraction of sp³-hybridized carbons (Fsp3) is 0.692. The SMILES string of the molecule is CCC1CCN(C(=O)c2csc(CCN)n2)CC1.Cl. The standard InChI is InChI=1S/C13H21N3OS.ClH/c1-2-10-4-7-16(8-5-10)13(17)11-9-18-12(15-11)3-6-14;/h9-10H,2-8,14H2,1H3;1H. The molecule has 2 N–H and O–H groups in total. The zero-order valence-electron chi connectivity index (χ0n) is 11.3. The second-order valence-electron chi connectivity index (χ2n) is 4.81. The Labute approximate surface area is 124 Å². The highest BCUT2D eigenvalue weighted by Gasteiger charge is 2.24. The molecule has 1 aromatic rings. The smallest absolute Gasteiger partial charge is 0.273 e. The predicted molar refractivity (Wildman–Crippen MR) is 81.0 cm³/mol. The van der Waals surface area contributed by atoms with Crippen LogP contribution in [0, 0.1) is 5.92 Å². The van der Waals surface area contributed by atoms with Crippen molar-refractivity contribution in [2.45, 2.75) is 32.6 Å². The first kappa shape index (κ1) is 16.4. The third kappa shape index (κ3) is 4.16. The Kier molecular flexibility index (Phi) is 6.75. The average Bonchev–Trinajstić information content (AvgIpc) is 2.87. The van der Waals surface area contributed by atoms with Gasteiger partial charge in [-0.3, -0.25) is 4.79 Å². The van der Waals surface area contributed by atoms with E-state index in [0.717, 1.165) is 43.3 Å². The summed E-state index contributed by atoms with van der Waals surface area (Å²) in [5.74, 6) is 0.876. The lowest BCUT2D eigenvalue weighted by molar-refractivity contribution is 0.0683. The molecule has 19 heavy (non-hydrogen) atoms. The minimum absolute atomic E-state index is 0. The van der Waals surface area contributed by atoms with Crippen LogP contribution in [0.4, 0.5) is 0 Å². The zero-order chi connectivity index (χ0) is 13.0. The molecule has 2 rings (SSSR count). The van der Waals surface area contributed by atoms with Crippen LogP contribution in [0.5, 0.6) is 0 Å². The molecule has 1 amide bonds. The van der Waals surface area contributed by atoms with Crippen LogP contribution in [0.2, 0.25) is 0 Å². The highest BCUT2D eigenvalue weighted by atomic mass is 35.5. The molecule has 1 aliphatic heterocycles. The quantitative estimate of drug-likeness (QED) is 0.928. The van der Waals surface area contributed by atoms with E-state index < -0.39 is 0 Å². The van der Waals surface area contributed by atoms with Gasteiger partial charge in [0.05, 0.1) is 5.01 Å². The van der Waals surface area contributed by atoms with E-state index >= 15 is 0 Å². The maximum absolute atomic E-state index is 12.3. The van der Waals surface area contributed by atoms with Gasteiger partial charge in [0, 0.05) is 24.9 Å². The van der Waals surface area contributed by atoms with Crippen molar-refractivity contribution in [3.05, 3.63) is 16.1 Å². The fourth-order valence-electron chi connectivity index (χ4n) is 2.35. The van der Waals surface area contributed by atoms with Crippen LogP contribution in [0.3, 0.4) is 0 Å². The maximum atomic E-state index is 12.3. The summed E-state index contributed by atoms with van der Waals surface area (Å²) in [6, 6.07) is 0.